The average molecular weight is 282 g/mol. The molecule has 0 aromatic heterocycles. The number of sulfone groups is 1. The quantitative estimate of drug-likeness (QED) is 0.663. The van der Waals surface area contributed by atoms with E-state index >= 15 is 0 Å². The fourth-order valence-electron chi connectivity index (χ4n) is 2.15. The van der Waals surface area contributed by atoms with Crippen molar-refractivity contribution in [3.63, 3.8) is 0 Å². The molecule has 0 saturated carbocycles. The molecule has 0 unspecified atom stereocenters. The van der Waals surface area contributed by atoms with Crippen LogP contribution in [0.15, 0.2) is 29.2 Å². The summed E-state index contributed by atoms with van der Waals surface area (Å²) in [4.78, 5) is 3.23. The largest absolute Gasteiger partial charge is 0.393 e. The maximum Gasteiger partial charge on any atom is 0.187 e. The number of β-amino-alcohol motifs (C(OH)–C–C–N with tert-alkyl or cyclic N) is 1. The first-order chi connectivity index (χ1) is 8.94. The summed E-state index contributed by atoms with van der Waals surface area (Å²) < 4.78 is 24.8. The molecule has 0 amide bonds. The monoisotopic (exact) mass is 282 g/mol. The number of hydrogen-bond acceptors (Lipinski definition) is 5. The van der Waals surface area contributed by atoms with E-state index in [4.69, 9.17) is 6.57 Å². The van der Waals surface area contributed by atoms with Crippen molar-refractivity contribution in [2.45, 2.75) is 15.7 Å². The van der Waals surface area contributed by atoms with Crippen molar-refractivity contribution >= 4 is 15.5 Å². The van der Waals surface area contributed by atoms with E-state index in [9.17, 15) is 18.6 Å². The standard InChI is InChI=1S/C12H14N2O4S/c1-13-9-2-4-10(5-3-9)19(17,18)11-6-14-7-12(11,16)8-15/h2-5,11,14-16H,6-8H2/t11-,12+/m0/s1. The Hall–Kier alpha value is -1.46. The van der Waals surface area contributed by atoms with E-state index in [0.29, 0.717) is 5.69 Å². The van der Waals surface area contributed by atoms with Gasteiger partial charge in [0, 0.05) is 13.1 Å². The lowest BCUT2D eigenvalue weighted by Crippen LogP contribution is -2.49. The summed E-state index contributed by atoms with van der Waals surface area (Å²) in [5.41, 5.74) is -1.32. The lowest BCUT2D eigenvalue weighted by Gasteiger charge is -2.26. The maximum atomic E-state index is 12.4. The van der Waals surface area contributed by atoms with Gasteiger partial charge in [0.2, 0.25) is 0 Å². The number of nitrogens with zero attached hydrogens (tertiary/aromatic N) is 1. The number of aliphatic hydroxyl groups excluding tert-OH is 1. The van der Waals surface area contributed by atoms with Gasteiger partial charge < -0.3 is 15.5 Å². The summed E-state index contributed by atoms with van der Waals surface area (Å²) in [5.74, 6) is 0. The zero-order chi connectivity index (χ0) is 14.1. The van der Waals surface area contributed by atoms with E-state index in [0.717, 1.165) is 0 Å². The number of hydrogen-bond donors (Lipinski definition) is 3. The van der Waals surface area contributed by atoms with E-state index in [2.05, 4.69) is 10.2 Å². The van der Waals surface area contributed by atoms with Gasteiger partial charge in [0.15, 0.2) is 15.5 Å². The van der Waals surface area contributed by atoms with Gasteiger partial charge in [-0.1, -0.05) is 24.3 Å². The molecule has 102 valence electrons. The van der Waals surface area contributed by atoms with Gasteiger partial charge in [0.25, 0.3) is 0 Å². The van der Waals surface area contributed by atoms with Gasteiger partial charge in [-0.15, -0.1) is 0 Å². The fourth-order valence-corrected chi connectivity index (χ4v) is 4.07. The normalized spacial score (nSPS) is 27.1. The Morgan fingerprint density at radius 1 is 1.42 bits per heavy atom. The van der Waals surface area contributed by atoms with Crippen molar-refractivity contribution in [2.24, 2.45) is 0 Å². The molecule has 7 heteroatoms. The highest BCUT2D eigenvalue weighted by molar-refractivity contribution is 7.92. The van der Waals surface area contributed by atoms with E-state index in [-0.39, 0.29) is 18.0 Å². The number of aliphatic hydroxyl groups is 2. The molecular formula is C12H14N2O4S. The lowest BCUT2D eigenvalue weighted by molar-refractivity contribution is 0.00578. The Balaban J connectivity index is 2.39. The average Bonchev–Trinajstić information content (AvgIpc) is 2.82. The van der Waals surface area contributed by atoms with E-state index in [1.807, 2.05) is 0 Å². The summed E-state index contributed by atoms with van der Waals surface area (Å²) in [6, 6.07) is 5.53. The van der Waals surface area contributed by atoms with Gasteiger partial charge in [-0.2, -0.15) is 0 Å². The van der Waals surface area contributed by atoms with Gasteiger partial charge >= 0.3 is 0 Å². The van der Waals surface area contributed by atoms with Crippen molar-refractivity contribution in [3.05, 3.63) is 35.7 Å². The van der Waals surface area contributed by atoms with Crippen molar-refractivity contribution < 1.29 is 18.6 Å². The van der Waals surface area contributed by atoms with Gasteiger partial charge in [-0.05, 0) is 0 Å². The SMILES string of the molecule is [C-]#[N+]c1ccc(S(=O)(=O)[C@H]2CNC[C@@]2(O)CO)cc1. The molecule has 2 rings (SSSR count). The van der Waals surface area contributed by atoms with Gasteiger partial charge in [-0.3, -0.25) is 0 Å². The Labute approximate surface area is 111 Å². The Kier molecular flexibility index (Phi) is 3.60. The van der Waals surface area contributed by atoms with Crippen LogP contribution < -0.4 is 5.32 Å². The van der Waals surface area contributed by atoms with Crippen molar-refractivity contribution in [1.29, 1.82) is 0 Å². The maximum absolute atomic E-state index is 12.4. The third-order valence-electron chi connectivity index (χ3n) is 3.30. The molecule has 0 bridgehead atoms. The third-order valence-corrected chi connectivity index (χ3v) is 5.59. The molecule has 1 fully saturated rings. The highest BCUT2D eigenvalue weighted by Crippen LogP contribution is 2.28. The van der Waals surface area contributed by atoms with Crippen LogP contribution in [0, 0.1) is 6.57 Å². The van der Waals surface area contributed by atoms with Crippen molar-refractivity contribution in [1.82, 2.24) is 5.32 Å². The first-order valence-corrected chi connectivity index (χ1v) is 7.24. The predicted octanol–water partition coefficient (Wildman–Crippen LogP) is -0.294. The second-order valence-corrected chi connectivity index (χ2v) is 6.66. The number of rotatable bonds is 3. The van der Waals surface area contributed by atoms with Crippen LogP contribution in [0.5, 0.6) is 0 Å². The highest BCUT2D eigenvalue weighted by atomic mass is 32.2. The van der Waals surface area contributed by atoms with Crippen molar-refractivity contribution in [3.8, 4) is 0 Å². The van der Waals surface area contributed by atoms with Crippen LogP contribution in [0.4, 0.5) is 5.69 Å². The minimum Gasteiger partial charge on any atom is -0.393 e. The van der Waals surface area contributed by atoms with Crippen LogP contribution in [0.2, 0.25) is 0 Å². The molecule has 0 aliphatic carbocycles. The van der Waals surface area contributed by atoms with Gasteiger partial charge in [0.05, 0.1) is 18.1 Å². The van der Waals surface area contributed by atoms with Crippen molar-refractivity contribution in [2.75, 3.05) is 19.7 Å². The van der Waals surface area contributed by atoms with Crippen LogP contribution in [-0.2, 0) is 9.84 Å². The topological polar surface area (TPSA) is 91.0 Å². The molecule has 1 aromatic carbocycles. The van der Waals surface area contributed by atoms with Crippen LogP contribution in [0.25, 0.3) is 4.85 Å². The molecule has 3 N–H and O–H groups in total. The Morgan fingerprint density at radius 3 is 2.58 bits per heavy atom. The molecule has 1 aromatic rings. The van der Waals surface area contributed by atoms with Crippen LogP contribution in [-0.4, -0.2) is 49.2 Å². The number of benzene rings is 1. The first-order valence-electron chi connectivity index (χ1n) is 5.69. The molecule has 1 heterocycles. The minimum absolute atomic E-state index is 0.0353. The van der Waals surface area contributed by atoms with Crippen LogP contribution >= 0.6 is 0 Å². The molecule has 19 heavy (non-hydrogen) atoms. The van der Waals surface area contributed by atoms with E-state index in [1.54, 1.807) is 0 Å². The molecule has 1 aliphatic heterocycles. The Morgan fingerprint density at radius 2 is 2.05 bits per heavy atom. The molecule has 1 saturated heterocycles. The number of nitrogens with one attached hydrogen (secondary N) is 1. The van der Waals surface area contributed by atoms with E-state index < -0.39 is 27.3 Å². The fraction of sp³-hybridized carbons (Fsp3) is 0.417. The Bertz CT molecular complexity index is 606. The summed E-state index contributed by atoms with van der Waals surface area (Å²) in [6.45, 7) is 6.32. The lowest BCUT2D eigenvalue weighted by atomic mass is 10.1. The minimum atomic E-state index is -3.76. The molecule has 6 nitrogen and oxygen atoms in total. The second-order valence-electron chi connectivity index (χ2n) is 4.53. The van der Waals surface area contributed by atoms with Crippen LogP contribution in [0.1, 0.15) is 0 Å². The van der Waals surface area contributed by atoms with Gasteiger partial charge in [0.1, 0.15) is 10.9 Å². The zero-order valence-corrected chi connectivity index (χ0v) is 10.9. The second kappa shape index (κ2) is 4.90. The molecule has 0 radical (unpaired) electrons. The third kappa shape index (κ3) is 2.35. The zero-order valence-electron chi connectivity index (χ0n) is 10.1. The van der Waals surface area contributed by atoms with Crippen LogP contribution in [0.3, 0.4) is 0 Å². The molecule has 2 atom stereocenters. The summed E-state index contributed by atoms with van der Waals surface area (Å²) in [7, 11) is -3.76. The molecular weight excluding hydrogens is 268 g/mol. The summed E-state index contributed by atoms with van der Waals surface area (Å²) in [5, 5.41) is 21.0. The van der Waals surface area contributed by atoms with E-state index in [1.165, 1.54) is 24.3 Å². The first kappa shape index (κ1) is 14.0. The molecule has 0 spiro atoms. The smallest absolute Gasteiger partial charge is 0.187 e. The van der Waals surface area contributed by atoms with Gasteiger partial charge in [-0.25, -0.2) is 13.3 Å². The summed E-state index contributed by atoms with van der Waals surface area (Å²) in [6.07, 6.45) is 0. The highest BCUT2D eigenvalue weighted by Gasteiger charge is 2.48. The summed E-state index contributed by atoms with van der Waals surface area (Å²) >= 11 is 0. The molecule has 1 aliphatic rings. The predicted molar refractivity (Wildman–Crippen MR) is 68.6 cm³/mol.